The molecule has 0 N–H and O–H groups in total. The summed E-state index contributed by atoms with van der Waals surface area (Å²) in [6.45, 7) is 9.52. The number of fused-ring (bicyclic) bond motifs is 7. The Morgan fingerprint density at radius 3 is 1.56 bits per heavy atom. The Morgan fingerprint density at radius 2 is 0.831 bits per heavy atom. The van der Waals surface area contributed by atoms with Gasteiger partial charge in [0.25, 0.3) is 0 Å². The Labute approximate surface area is 347 Å². The second kappa shape index (κ2) is 13.3. The predicted octanol–water partition coefficient (Wildman–Crippen LogP) is 15.9. The lowest BCUT2D eigenvalue weighted by Gasteiger charge is -2.32. The zero-order valence-electron chi connectivity index (χ0n) is 34.0. The summed E-state index contributed by atoms with van der Waals surface area (Å²) in [4.78, 5) is 2.54. The maximum atomic E-state index is 2.54. The van der Waals surface area contributed by atoms with E-state index < -0.39 is 0 Å². The third kappa shape index (κ3) is 5.31. The minimum absolute atomic E-state index is 0.133. The van der Waals surface area contributed by atoms with Crippen molar-refractivity contribution in [2.24, 2.45) is 0 Å². The van der Waals surface area contributed by atoms with E-state index in [0.29, 0.717) is 0 Å². The number of hydrogen-bond acceptors (Lipinski definition) is 1. The summed E-state index contributed by atoms with van der Waals surface area (Å²) in [5.41, 5.74) is 21.3. The van der Waals surface area contributed by atoms with E-state index in [2.05, 4.69) is 233 Å². The maximum absolute atomic E-state index is 2.54. The van der Waals surface area contributed by atoms with Crippen molar-refractivity contribution in [1.29, 1.82) is 0 Å². The summed E-state index contributed by atoms with van der Waals surface area (Å²) >= 11 is 0. The van der Waals surface area contributed by atoms with Crippen LogP contribution in [0.3, 0.4) is 0 Å². The largest absolute Gasteiger partial charge is 0.309 e. The van der Waals surface area contributed by atoms with Crippen molar-refractivity contribution in [2.75, 3.05) is 4.90 Å². The first-order chi connectivity index (χ1) is 28.8. The molecule has 2 aliphatic carbocycles. The first kappa shape index (κ1) is 35.2. The van der Waals surface area contributed by atoms with Gasteiger partial charge in [-0.2, -0.15) is 0 Å². The van der Waals surface area contributed by atoms with Crippen LogP contribution < -0.4 is 4.90 Å². The van der Waals surface area contributed by atoms with Crippen molar-refractivity contribution in [3.05, 3.63) is 222 Å². The summed E-state index contributed by atoms with van der Waals surface area (Å²) in [5.74, 6) is 0. The van der Waals surface area contributed by atoms with Crippen LogP contribution in [0.15, 0.2) is 200 Å². The Hall–Kier alpha value is -6.96. The van der Waals surface area contributed by atoms with Gasteiger partial charge in [0.15, 0.2) is 0 Å². The van der Waals surface area contributed by atoms with Crippen molar-refractivity contribution >= 4 is 27.8 Å². The zero-order chi connectivity index (χ0) is 39.9. The summed E-state index contributed by atoms with van der Waals surface area (Å²) in [7, 11) is 0. The van der Waals surface area contributed by atoms with Crippen LogP contribution in [0.5, 0.6) is 0 Å². The molecule has 0 unspecified atom stereocenters. The molecule has 2 aliphatic rings. The third-order valence-electron chi connectivity index (χ3n) is 13.3. The second-order valence-electron chi connectivity index (χ2n) is 17.2. The molecule has 0 atom stereocenters. The molecule has 11 rings (SSSR count). The molecule has 0 saturated carbocycles. The molecule has 9 aromatic carbocycles. The monoisotopic (exact) mass is 755 g/mol. The van der Waals surface area contributed by atoms with Crippen LogP contribution >= 0.6 is 0 Å². The van der Waals surface area contributed by atoms with Gasteiger partial charge in [0.1, 0.15) is 0 Å². The highest BCUT2D eigenvalue weighted by Gasteiger charge is 2.38. The van der Waals surface area contributed by atoms with Gasteiger partial charge in [-0.1, -0.05) is 204 Å². The van der Waals surface area contributed by atoms with E-state index in [4.69, 9.17) is 0 Å². The van der Waals surface area contributed by atoms with Crippen LogP contribution in [0.1, 0.15) is 49.9 Å². The lowest BCUT2D eigenvalue weighted by Crippen LogP contribution is -2.17. The molecule has 1 nitrogen and oxygen atoms in total. The molecule has 59 heavy (non-hydrogen) atoms. The minimum atomic E-state index is -0.147. The van der Waals surface area contributed by atoms with Gasteiger partial charge in [0, 0.05) is 27.5 Å². The van der Waals surface area contributed by atoms with Crippen LogP contribution in [-0.4, -0.2) is 0 Å². The van der Waals surface area contributed by atoms with Crippen LogP contribution in [-0.2, 0) is 10.8 Å². The highest BCUT2D eigenvalue weighted by atomic mass is 15.1. The van der Waals surface area contributed by atoms with E-state index >= 15 is 0 Å². The van der Waals surface area contributed by atoms with E-state index in [-0.39, 0.29) is 10.8 Å². The van der Waals surface area contributed by atoms with Gasteiger partial charge in [-0.3, -0.25) is 0 Å². The number of rotatable bonds is 6. The third-order valence-corrected chi connectivity index (χ3v) is 13.3. The second-order valence-corrected chi connectivity index (χ2v) is 17.2. The number of anilines is 3. The topological polar surface area (TPSA) is 3.24 Å². The Morgan fingerprint density at radius 1 is 0.322 bits per heavy atom. The molecule has 0 radical (unpaired) electrons. The molecule has 282 valence electrons. The average molecular weight is 756 g/mol. The Bertz CT molecular complexity index is 3100. The van der Waals surface area contributed by atoms with Crippen molar-refractivity contribution in [2.45, 2.75) is 38.5 Å². The fourth-order valence-electron chi connectivity index (χ4n) is 10.5. The Kier molecular flexibility index (Phi) is 7.94. The average Bonchev–Trinajstić information content (AvgIpc) is 3.66. The van der Waals surface area contributed by atoms with Gasteiger partial charge in [-0.25, -0.2) is 0 Å². The molecule has 0 heterocycles. The Balaban J connectivity index is 1.19. The van der Waals surface area contributed by atoms with Crippen LogP contribution in [0, 0.1) is 0 Å². The lowest BCUT2D eigenvalue weighted by molar-refractivity contribution is 0.660. The van der Waals surface area contributed by atoms with E-state index in [0.717, 1.165) is 17.1 Å². The molecule has 0 bridgehead atoms. The van der Waals surface area contributed by atoms with Gasteiger partial charge in [0.2, 0.25) is 0 Å². The molecule has 0 aromatic heterocycles. The molecule has 0 aliphatic heterocycles. The minimum Gasteiger partial charge on any atom is -0.309 e. The van der Waals surface area contributed by atoms with Crippen LogP contribution in [0.25, 0.3) is 66.4 Å². The van der Waals surface area contributed by atoms with Crippen molar-refractivity contribution < 1.29 is 0 Å². The molecule has 1 heteroatoms. The molecule has 0 spiro atoms. The number of nitrogens with zero attached hydrogens (tertiary/aromatic N) is 1. The van der Waals surface area contributed by atoms with Crippen LogP contribution in [0.2, 0.25) is 0 Å². The van der Waals surface area contributed by atoms with Crippen molar-refractivity contribution in [1.82, 2.24) is 0 Å². The van der Waals surface area contributed by atoms with Gasteiger partial charge in [-0.05, 0) is 102 Å². The smallest absolute Gasteiger partial charge is 0.0546 e. The van der Waals surface area contributed by atoms with Gasteiger partial charge in [0.05, 0.1) is 11.4 Å². The highest BCUT2D eigenvalue weighted by Crippen LogP contribution is 2.55. The molecular weight excluding hydrogens is 711 g/mol. The fraction of sp³-hybridized carbons (Fsp3) is 0.103. The lowest BCUT2D eigenvalue weighted by atomic mass is 9.78. The fourth-order valence-corrected chi connectivity index (χ4v) is 10.5. The number of hydrogen-bond donors (Lipinski definition) is 0. The van der Waals surface area contributed by atoms with Gasteiger partial charge < -0.3 is 4.90 Å². The molecule has 0 saturated heterocycles. The highest BCUT2D eigenvalue weighted by molar-refractivity contribution is 6.09. The molecule has 0 amide bonds. The summed E-state index contributed by atoms with van der Waals surface area (Å²) < 4.78 is 0. The zero-order valence-corrected chi connectivity index (χ0v) is 34.0. The molecule has 0 fully saturated rings. The van der Waals surface area contributed by atoms with E-state index in [1.807, 2.05) is 0 Å². The van der Waals surface area contributed by atoms with Gasteiger partial charge >= 0.3 is 0 Å². The van der Waals surface area contributed by atoms with Crippen molar-refractivity contribution in [3.8, 4) is 55.6 Å². The van der Waals surface area contributed by atoms with Crippen molar-refractivity contribution in [3.63, 3.8) is 0 Å². The number of benzene rings is 9. The predicted molar refractivity (Wildman–Crippen MR) is 250 cm³/mol. The normalized spacial score (nSPS) is 14.0. The standard InChI is InChI=1S/C58H45N/c1-57(2)50-30-15-13-24-44(50)46-34-33-40(37-52(46)57)59(54-32-18-27-41(38-19-7-5-8-20-38)55(54)39-21-9-6-10-22-39)53-36-35-43(42-23-11-12-26-47(42)53)48-28-17-29-49-45-25-14-16-31-51(45)58(3,4)56(48)49/h5-37H,1-4H3. The van der Waals surface area contributed by atoms with E-state index in [1.54, 1.807) is 0 Å². The first-order valence-corrected chi connectivity index (χ1v) is 20.9. The molecular formula is C58H45N. The maximum Gasteiger partial charge on any atom is 0.0546 e. The first-order valence-electron chi connectivity index (χ1n) is 20.9. The van der Waals surface area contributed by atoms with Gasteiger partial charge in [-0.15, -0.1) is 0 Å². The summed E-state index contributed by atoms with van der Waals surface area (Å²) in [5, 5.41) is 2.45. The quantitative estimate of drug-likeness (QED) is 0.163. The molecule has 9 aromatic rings. The SMILES string of the molecule is CC1(C)c2ccccc2-c2ccc(N(c3cccc(-c4ccccc4)c3-c3ccccc3)c3ccc(-c4cccc5c4C(C)(C)c4ccccc4-5)c4ccccc34)cc21. The summed E-state index contributed by atoms with van der Waals surface area (Å²) in [6.07, 6.45) is 0. The summed E-state index contributed by atoms with van der Waals surface area (Å²) in [6, 6.07) is 74.3. The van der Waals surface area contributed by atoms with E-state index in [1.165, 1.54) is 88.7 Å². The van der Waals surface area contributed by atoms with Crippen LogP contribution in [0.4, 0.5) is 17.1 Å². The van der Waals surface area contributed by atoms with E-state index in [9.17, 15) is 0 Å².